The summed E-state index contributed by atoms with van der Waals surface area (Å²) in [6, 6.07) is 12.4. The topological polar surface area (TPSA) is 114 Å². The Morgan fingerprint density at radius 3 is 2.44 bits per heavy atom. The number of carbonyl (C=O) groups excluding carboxylic acids is 2. The summed E-state index contributed by atoms with van der Waals surface area (Å²) in [5.74, 6) is -0.297. The molecule has 0 aliphatic rings. The fourth-order valence-corrected chi connectivity index (χ4v) is 2.28. The maximum Gasteiger partial charge on any atom is 0.278 e. The van der Waals surface area contributed by atoms with E-state index in [4.69, 9.17) is 0 Å². The van der Waals surface area contributed by atoms with Gasteiger partial charge in [0.2, 0.25) is 5.91 Å². The van der Waals surface area contributed by atoms with Gasteiger partial charge in [0, 0.05) is 23.7 Å². The summed E-state index contributed by atoms with van der Waals surface area (Å²) >= 11 is 0. The SMILES string of the molecule is CC(C)CC(=O)Nc1ccc(C(=O)N/N=C/c2ccccc2[N+](=O)[O-])cc1. The highest BCUT2D eigenvalue weighted by atomic mass is 16.6. The van der Waals surface area contributed by atoms with E-state index in [2.05, 4.69) is 15.8 Å². The molecule has 0 spiro atoms. The van der Waals surface area contributed by atoms with Crippen molar-refractivity contribution in [2.75, 3.05) is 5.32 Å². The number of nitro groups is 1. The molecule has 0 saturated heterocycles. The molecule has 2 rings (SSSR count). The molecule has 0 radical (unpaired) electrons. The first kappa shape index (κ1) is 19.8. The summed E-state index contributed by atoms with van der Waals surface area (Å²) in [7, 11) is 0. The van der Waals surface area contributed by atoms with E-state index in [1.54, 1.807) is 36.4 Å². The van der Waals surface area contributed by atoms with Crippen LogP contribution in [0, 0.1) is 16.0 Å². The zero-order chi connectivity index (χ0) is 19.8. The third-order valence-electron chi connectivity index (χ3n) is 3.53. The van der Waals surface area contributed by atoms with Crippen molar-refractivity contribution in [3.8, 4) is 0 Å². The molecule has 27 heavy (non-hydrogen) atoms. The minimum Gasteiger partial charge on any atom is -0.326 e. The third kappa shape index (κ3) is 6.03. The lowest BCUT2D eigenvalue weighted by molar-refractivity contribution is -0.385. The van der Waals surface area contributed by atoms with E-state index in [1.165, 1.54) is 18.3 Å². The standard InChI is InChI=1S/C19H20N4O4/c1-13(2)11-18(24)21-16-9-7-14(8-10-16)19(25)22-20-12-15-5-3-4-6-17(15)23(26)27/h3-10,12-13H,11H2,1-2H3,(H,21,24)(H,22,25)/b20-12+. The Hall–Kier alpha value is -3.55. The average Bonchev–Trinajstić information content (AvgIpc) is 2.61. The van der Waals surface area contributed by atoms with Gasteiger partial charge in [0.1, 0.15) is 0 Å². The highest BCUT2D eigenvalue weighted by Crippen LogP contribution is 2.15. The number of hydrogen-bond donors (Lipinski definition) is 2. The van der Waals surface area contributed by atoms with E-state index in [1.807, 2.05) is 13.8 Å². The molecule has 0 aromatic heterocycles. The van der Waals surface area contributed by atoms with E-state index in [-0.39, 0.29) is 23.1 Å². The van der Waals surface area contributed by atoms with Gasteiger partial charge < -0.3 is 5.32 Å². The van der Waals surface area contributed by atoms with Gasteiger partial charge >= 0.3 is 0 Å². The second kappa shape index (κ2) is 9.23. The number of benzene rings is 2. The molecule has 0 heterocycles. The monoisotopic (exact) mass is 368 g/mol. The molecule has 0 fully saturated rings. The quantitative estimate of drug-likeness (QED) is 0.443. The van der Waals surface area contributed by atoms with Gasteiger partial charge in [0.25, 0.3) is 11.6 Å². The van der Waals surface area contributed by atoms with Crippen LogP contribution >= 0.6 is 0 Å². The van der Waals surface area contributed by atoms with Gasteiger partial charge in [-0.15, -0.1) is 0 Å². The predicted molar refractivity (Wildman–Crippen MR) is 103 cm³/mol. The molecule has 2 aromatic carbocycles. The predicted octanol–water partition coefficient (Wildman–Crippen LogP) is 3.34. The molecule has 0 aliphatic carbocycles. The van der Waals surface area contributed by atoms with Crippen molar-refractivity contribution in [1.29, 1.82) is 0 Å². The third-order valence-corrected chi connectivity index (χ3v) is 3.53. The molecule has 8 heteroatoms. The van der Waals surface area contributed by atoms with Crippen molar-refractivity contribution >= 4 is 29.4 Å². The zero-order valence-corrected chi connectivity index (χ0v) is 15.0. The number of nitrogens with zero attached hydrogens (tertiary/aromatic N) is 2. The van der Waals surface area contributed by atoms with Gasteiger partial charge in [0.05, 0.1) is 16.7 Å². The number of anilines is 1. The van der Waals surface area contributed by atoms with Crippen LogP contribution in [0.1, 0.15) is 36.2 Å². The Kier molecular flexibility index (Phi) is 6.76. The molecular weight excluding hydrogens is 348 g/mol. The van der Waals surface area contributed by atoms with Gasteiger partial charge in [0.15, 0.2) is 0 Å². The van der Waals surface area contributed by atoms with Crippen molar-refractivity contribution in [3.05, 3.63) is 69.8 Å². The molecule has 0 atom stereocenters. The number of nitrogens with one attached hydrogen (secondary N) is 2. The average molecular weight is 368 g/mol. The lowest BCUT2D eigenvalue weighted by Gasteiger charge is -2.07. The van der Waals surface area contributed by atoms with E-state index in [9.17, 15) is 19.7 Å². The first-order valence-corrected chi connectivity index (χ1v) is 8.33. The Bertz CT molecular complexity index is 860. The molecule has 2 N–H and O–H groups in total. The van der Waals surface area contributed by atoms with Gasteiger partial charge in [-0.05, 0) is 36.2 Å². The molecule has 0 saturated carbocycles. The molecule has 0 aliphatic heterocycles. The lowest BCUT2D eigenvalue weighted by atomic mass is 10.1. The Morgan fingerprint density at radius 1 is 1.15 bits per heavy atom. The number of hydrogen-bond acceptors (Lipinski definition) is 5. The maximum absolute atomic E-state index is 12.1. The van der Waals surface area contributed by atoms with Crippen LogP contribution in [0.25, 0.3) is 0 Å². The molecule has 140 valence electrons. The molecule has 0 bridgehead atoms. The van der Waals surface area contributed by atoms with Gasteiger partial charge in [-0.25, -0.2) is 5.43 Å². The van der Waals surface area contributed by atoms with Gasteiger partial charge in [-0.2, -0.15) is 5.10 Å². The second-order valence-electron chi connectivity index (χ2n) is 6.24. The van der Waals surface area contributed by atoms with E-state index in [0.717, 1.165) is 0 Å². The van der Waals surface area contributed by atoms with Gasteiger partial charge in [-0.3, -0.25) is 19.7 Å². The van der Waals surface area contributed by atoms with Crippen molar-refractivity contribution in [2.45, 2.75) is 20.3 Å². The highest BCUT2D eigenvalue weighted by molar-refractivity contribution is 5.96. The van der Waals surface area contributed by atoms with Crippen molar-refractivity contribution in [3.63, 3.8) is 0 Å². The Labute approximate surface area is 156 Å². The maximum atomic E-state index is 12.1. The fourth-order valence-electron chi connectivity index (χ4n) is 2.28. The number of para-hydroxylation sites is 1. The largest absolute Gasteiger partial charge is 0.326 e. The van der Waals surface area contributed by atoms with E-state index < -0.39 is 10.8 Å². The summed E-state index contributed by atoms with van der Waals surface area (Å²) in [5, 5.41) is 17.5. The molecule has 2 amide bonds. The summed E-state index contributed by atoms with van der Waals surface area (Å²) in [4.78, 5) is 34.2. The Balaban J connectivity index is 1.96. The first-order chi connectivity index (χ1) is 12.9. The zero-order valence-electron chi connectivity index (χ0n) is 15.0. The van der Waals surface area contributed by atoms with Gasteiger partial charge in [-0.1, -0.05) is 26.0 Å². The van der Waals surface area contributed by atoms with Crippen molar-refractivity contribution in [2.24, 2.45) is 11.0 Å². The minimum absolute atomic E-state index is 0.0868. The van der Waals surface area contributed by atoms with Crippen molar-refractivity contribution in [1.82, 2.24) is 5.43 Å². The number of nitro benzene ring substituents is 1. The van der Waals surface area contributed by atoms with Crippen molar-refractivity contribution < 1.29 is 14.5 Å². The van der Waals surface area contributed by atoms with Crippen LogP contribution in [0.3, 0.4) is 0 Å². The molecular formula is C19H20N4O4. The fraction of sp³-hybridized carbons (Fsp3) is 0.211. The summed E-state index contributed by atoms with van der Waals surface area (Å²) in [6.07, 6.45) is 1.64. The highest BCUT2D eigenvalue weighted by Gasteiger charge is 2.11. The molecule has 8 nitrogen and oxygen atoms in total. The smallest absolute Gasteiger partial charge is 0.278 e. The number of hydrazone groups is 1. The summed E-state index contributed by atoms with van der Waals surface area (Å²) in [5.41, 5.74) is 3.45. The normalized spacial score (nSPS) is 10.8. The summed E-state index contributed by atoms with van der Waals surface area (Å²) < 4.78 is 0. The lowest BCUT2D eigenvalue weighted by Crippen LogP contribution is -2.18. The Morgan fingerprint density at radius 2 is 1.81 bits per heavy atom. The second-order valence-corrected chi connectivity index (χ2v) is 6.24. The van der Waals surface area contributed by atoms with Crippen LogP contribution in [0.5, 0.6) is 0 Å². The first-order valence-electron chi connectivity index (χ1n) is 8.33. The number of rotatable bonds is 7. The number of amides is 2. The minimum atomic E-state index is -0.518. The number of carbonyl (C=O) groups is 2. The molecule has 0 unspecified atom stereocenters. The van der Waals surface area contributed by atoms with Crippen LogP contribution in [0.4, 0.5) is 11.4 Å². The van der Waals surface area contributed by atoms with Crippen LogP contribution in [-0.4, -0.2) is 23.0 Å². The van der Waals surface area contributed by atoms with Crippen LogP contribution in [0.15, 0.2) is 53.6 Å². The molecule has 2 aromatic rings. The van der Waals surface area contributed by atoms with Crippen LogP contribution in [-0.2, 0) is 4.79 Å². The van der Waals surface area contributed by atoms with E-state index in [0.29, 0.717) is 17.7 Å². The summed E-state index contributed by atoms with van der Waals surface area (Å²) in [6.45, 7) is 3.91. The van der Waals surface area contributed by atoms with E-state index >= 15 is 0 Å². The van der Waals surface area contributed by atoms with Crippen LogP contribution < -0.4 is 10.7 Å². The van der Waals surface area contributed by atoms with Crippen LogP contribution in [0.2, 0.25) is 0 Å².